The molecule has 3 N–H and O–H groups in total. The monoisotopic (exact) mass is 240 g/mol. The third-order valence-corrected chi connectivity index (χ3v) is 3.90. The molecule has 5 heteroatoms. The maximum absolute atomic E-state index is 12.1. The van der Waals surface area contributed by atoms with E-state index in [4.69, 9.17) is 5.11 Å². The average molecular weight is 240 g/mol. The van der Waals surface area contributed by atoms with Gasteiger partial charge in [-0.25, -0.2) is 0 Å². The molecule has 5 nitrogen and oxygen atoms in total. The fraction of sp³-hybridized carbons (Fsp3) is 0.833. The van der Waals surface area contributed by atoms with Crippen LogP contribution in [-0.2, 0) is 9.59 Å². The first-order valence-corrected chi connectivity index (χ1v) is 6.36. The van der Waals surface area contributed by atoms with Gasteiger partial charge in [0.1, 0.15) is 0 Å². The molecular formula is C12H20N2O3. The van der Waals surface area contributed by atoms with Crippen molar-refractivity contribution >= 4 is 11.9 Å². The molecule has 1 heterocycles. The van der Waals surface area contributed by atoms with Gasteiger partial charge >= 0.3 is 5.97 Å². The van der Waals surface area contributed by atoms with E-state index < -0.39 is 11.5 Å². The van der Waals surface area contributed by atoms with Crippen LogP contribution in [0.3, 0.4) is 0 Å². The summed E-state index contributed by atoms with van der Waals surface area (Å²) in [4.78, 5) is 22.9. The number of nitrogens with one attached hydrogen (secondary N) is 2. The normalized spacial score (nSPS) is 23.8. The Labute approximate surface area is 101 Å². The maximum Gasteiger partial charge on any atom is 0.305 e. The van der Waals surface area contributed by atoms with Gasteiger partial charge in [0.25, 0.3) is 0 Å². The summed E-state index contributed by atoms with van der Waals surface area (Å²) in [7, 11) is 0. The summed E-state index contributed by atoms with van der Waals surface area (Å²) in [6.07, 6.45) is 4.39. The largest absolute Gasteiger partial charge is 0.481 e. The molecule has 0 aromatic carbocycles. The highest BCUT2D eigenvalue weighted by Gasteiger charge is 2.41. The van der Waals surface area contributed by atoms with Gasteiger partial charge in [0.2, 0.25) is 5.91 Å². The molecule has 2 fully saturated rings. The van der Waals surface area contributed by atoms with Crippen LogP contribution in [0.1, 0.15) is 38.5 Å². The van der Waals surface area contributed by atoms with Crippen LogP contribution in [-0.4, -0.2) is 35.6 Å². The molecule has 1 aliphatic heterocycles. The molecule has 96 valence electrons. The minimum atomic E-state index is -0.824. The van der Waals surface area contributed by atoms with Crippen molar-refractivity contribution in [2.24, 2.45) is 5.92 Å². The van der Waals surface area contributed by atoms with Gasteiger partial charge in [0.05, 0.1) is 12.0 Å². The number of piperidine rings is 1. The molecular weight excluding hydrogens is 220 g/mol. The number of hydrogen-bond acceptors (Lipinski definition) is 3. The van der Waals surface area contributed by atoms with E-state index in [2.05, 4.69) is 10.6 Å². The van der Waals surface area contributed by atoms with Crippen LogP contribution in [0.15, 0.2) is 0 Å². The van der Waals surface area contributed by atoms with Crippen LogP contribution in [0, 0.1) is 5.92 Å². The predicted molar refractivity (Wildman–Crippen MR) is 62.6 cm³/mol. The van der Waals surface area contributed by atoms with Gasteiger partial charge in [-0.2, -0.15) is 0 Å². The number of amides is 1. The highest BCUT2D eigenvalue weighted by atomic mass is 16.4. The second-order valence-corrected chi connectivity index (χ2v) is 5.22. The fourth-order valence-corrected chi connectivity index (χ4v) is 2.69. The van der Waals surface area contributed by atoms with Gasteiger partial charge in [-0.1, -0.05) is 0 Å². The Morgan fingerprint density at radius 2 is 1.94 bits per heavy atom. The first kappa shape index (κ1) is 12.4. The Bertz CT molecular complexity index is 307. The molecule has 2 rings (SSSR count). The first-order chi connectivity index (χ1) is 8.11. The van der Waals surface area contributed by atoms with E-state index in [1.807, 2.05) is 0 Å². The van der Waals surface area contributed by atoms with E-state index in [1.54, 1.807) is 0 Å². The Morgan fingerprint density at radius 1 is 1.29 bits per heavy atom. The summed E-state index contributed by atoms with van der Waals surface area (Å²) in [5.41, 5.74) is -0.451. The van der Waals surface area contributed by atoms with E-state index in [0.29, 0.717) is 0 Å². The van der Waals surface area contributed by atoms with Crippen LogP contribution in [0.25, 0.3) is 0 Å². The van der Waals surface area contributed by atoms with Crippen molar-refractivity contribution in [1.82, 2.24) is 10.6 Å². The van der Waals surface area contributed by atoms with Crippen molar-refractivity contribution < 1.29 is 14.7 Å². The molecule has 0 spiro atoms. The van der Waals surface area contributed by atoms with Crippen molar-refractivity contribution in [2.75, 3.05) is 13.1 Å². The highest BCUT2D eigenvalue weighted by Crippen LogP contribution is 2.35. The second-order valence-electron chi connectivity index (χ2n) is 5.22. The van der Waals surface area contributed by atoms with Crippen molar-refractivity contribution in [3.8, 4) is 0 Å². The lowest BCUT2D eigenvalue weighted by molar-refractivity contribution is -0.141. The summed E-state index contributed by atoms with van der Waals surface area (Å²) < 4.78 is 0. The number of carboxylic acid groups (broad SMARTS) is 1. The molecule has 1 saturated carbocycles. The molecule has 0 atom stereocenters. The number of hydrogen-bond donors (Lipinski definition) is 3. The number of aliphatic carboxylic acids is 1. The Morgan fingerprint density at radius 3 is 2.41 bits per heavy atom. The number of carbonyl (C=O) groups excluding carboxylic acids is 1. The summed E-state index contributed by atoms with van der Waals surface area (Å²) >= 11 is 0. The van der Waals surface area contributed by atoms with Crippen molar-refractivity contribution in [3.05, 3.63) is 0 Å². The zero-order valence-electron chi connectivity index (χ0n) is 10.00. The molecule has 0 aromatic heterocycles. The molecule has 1 aliphatic carbocycles. The molecule has 0 bridgehead atoms. The Balaban J connectivity index is 1.89. The van der Waals surface area contributed by atoms with E-state index in [9.17, 15) is 9.59 Å². The van der Waals surface area contributed by atoms with E-state index in [1.165, 1.54) is 0 Å². The number of rotatable bonds is 4. The van der Waals surface area contributed by atoms with E-state index in [-0.39, 0.29) is 18.2 Å². The smallest absolute Gasteiger partial charge is 0.305 e. The molecule has 17 heavy (non-hydrogen) atoms. The second kappa shape index (κ2) is 5.04. The highest BCUT2D eigenvalue weighted by molar-refractivity contribution is 5.81. The summed E-state index contributed by atoms with van der Waals surface area (Å²) in [6, 6.07) is 0. The first-order valence-electron chi connectivity index (χ1n) is 6.36. The lowest BCUT2D eigenvalue weighted by Gasteiger charge is -2.42. The van der Waals surface area contributed by atoms with Gasteiger partial charge in [-0.15, -0.1) is 0 Å². The summed E-state index contributed by atoms with van der Waals surface area (Å²) in [5.74, 6) is -0.717. The number of carboxylic acids is 1. The molecule has 0 radical (unpaired) electrons. The molecule has 2 aliphatic rings. The zero-order chi connectivity index (χ0) is 12.3. The van der Waals surface area contributed by atoms with Crippen molar-refractivity contribution in [1.29, 1.82) is 0 Å². The number of carbonyl (C=O) groups is 2. The predicted octanol–water partition coefficient (Wildman–Crippen LogP) is 0.500. The van der Waals surface area contributed by atoms with Gasteiger partial charge < -0.3 is 15.7 Å². The SMILES string of the molecule is O=C(O)CC1(NC(=O)C2CCNCC2)CCC1. The quantitative estimate of drug-likeness (QED) is 0.668. The standard InChI is InChI=1S/C12H20N2O3/c15-10(16)8-12(4-1-5-12)14-11(17)9-2-6-13-7-3-9/h9,13H,1-8H2,(H,14,17)(H,15,16). The van der Waals surface area contributed by atoms with Crippen LogP contribution in [0.4, 0.5) is 0 Å². The molecule has 0 aromatic rings. The minimum absolute atomic E-state index is 0.0486. The van der Waals surface area contributed by atoms with Crippen LogP contribution in [0.5, 0.6) is 0 Å². The third-order valence-electron chi connectivity index (χ3n) is 3.90. The molecule has 1 saturated heterocycles. The topological polar surface area (TPSA) is 78.4 Å². The van der Waals surface area contributed by atoms with Gasteiger partial charge in [-0.05, 0) is 45.2 Å². The van der Waals surface area contributed by atoms with Gasteiger partial charge in [0, 0.05) is 5.92 Å². The van der Waals surface area contributed by atoms with Crippen LogP contribution < -0.4 is 10.6 Å². The van der Waals surface area contributed by atoms with Crippen molar-refractivity contribution in [2.45, 2.75) is 44.1 Å². The lowest BCUT2D eigenvalue weighted by Crippen LogP contribution is -2.56. The molecule has 0 unspecified atom stereocenters. The van der Waals surface area contributed by atoms with Gasteiger partial charge in [0.15, 0.2) is 0 Å². The van der Waals surface area contributed by atoms with E-state index >= 15 is 0 Å². The van der Waals surface area contributed by atoms with Gasteiger partial charge in [-0.3, -0.25) is 9.59 Å². The van der Waals surface area contributed by atoms with Crippen molar-refractivity contribution in [3.63, 3.8) is 0 Å². The van der Waals surface area contributed by atoms with Crippen LogP contribution >= 0.6 is 0 Å². The lowest BCUT2D eigenvalue weighted by atomic mass is 9.74. The summed E-state index contributed by atoms with van der Waals surface area (Å²) in [5, 5.41) is 15.1. The average Bonchev–Trinajstić information content (AvgIpc) is 2.26. The van der Waals surface area contributed by atoms with E-state index in [0.717, 1.165) is 45.2 Å². The Hall–Kier alpha value is -1.10. The molecule has 1 amide bonds. The zero-order valence-corrected chi connectivity index (χ0v) is 10.00. The summed E-state index contributed by atoms with van der Waals surface area (Å²) in [6.45, 7) is 1.76. The van der Waals surface area contributed by atoms with Crippen LogP contribution in [0.2, 0.25) is 0 Å². The maximum atomic E-state index is 12.1. The minimum Gasteiger partial charge on any atom is -0.481 e. The third kappa shape index (κ3) is 2.97. The Kier molecular flexibility index (Phi) is 3.66. The fourth-order valence-electron chi connectivity index (χ4n) is 2.69.